The number of para-hydroxylation sites is 2. The average Bonchev–Trinajstić information content (AvgIpc) is 3.55. The van der Waals surface area contributed by atoms with Crippen LogP contribution in [0.2, 0.25) is 4.13 Å². The molecule has 33 heavy (non-hydrogen) atoms. The Hall–Kier alpha value is -2.06. The average molecular weight is 552 g/mol. The molecule has 2 aromatic heterocycles. The normalized spacial score (nSPS) is 12.9. The molecule has 0 unspecified atom stereocenters. The Balaban J connectivity index is 0.000000175. The van der Waals surface area contributed by atoms with E-state index in [0.29, 0.717) is 0 Å². The molecule has 0 aliphatic heterocycles. The fraction of sp³-hybridized carbons (Fsp3) is 0.143. The monoisotopic (exact) mass is 549 g/mol. The summed E-state index contributed by atoms with van der Waals surface area (Å²) in [7, 11) is 0. The zero-order chi connectivity index (χ0) is 21.2. The first kappa shape index (κ1) is 25.6. The molecule has 0 spiro atoms. The number of benzene rings is 2. The van der Waals surface area contributed by atoms with E-state index in [1.807, 2.05) is 6.07 Å². The van der Waals surface area contributed by atoms with E-state index in [-0.39, 0.29) is 24.8 Å². The van der Waals surface area contributed by atoms with E-state index in [1.54, 1.807) is 30.3 Å². The van der Waals surface area contributed by atoms with Gasteiger partial charge in [0.05, 0.1) is 0 Å². The Labute approximate surface area is 223 Å². The maximum atomic E-state index is 2.36. The Morgan fingerprint density at radius 1 is 0.667 bits per heavy atom. The van der Waals surface area contributed by atoms with Crippen LogP contribution in [-0.4, -0.2) is 9.13 Å². The summed E-state index contributed by atoms with van der Waals surface area (Å²) in [6.07, 6.45) is 11.2. The van der Waals surface area contributed by atoms with Crippen LogP contribution in [0.4, 0.5) is 0 Å². The molecular weight excluding hydrogens is 526 g/mol. The van der Waals surface area contributed by atoms with Gasteiger partial charge in [0.25, 0.3) is 0 Å². The third-order valence-electron chi connectivity index (χ3n) is 5.93. The third-order valence-corrected chi connectivity index (χ3v) is 7.05. The quantitative estimate of drug-likeness (QED) is 0.357. The molecule has 0 saturated carbocycles. The minimum absolute atomic E-state index is 0. The van der Waals surface area contributed by atoms with Crippen molar-refractivity contribution in [3.8, 4) is 11.4 Å². The molecule has 0 saturated heterocycles. The van der Waals surface area contributed by atoms with Gasteiger partial charge in [0.2, 0.25) is 0 Å². The predicted molar refractivity (Wildman–Crippen MR) is 125 cm³/mol. The number of rotatable bonds is 3. The number of aromatic nitrogens is 2. The Morgan fingerprint density at radius 3 is 1.67 bits per heavy atom. The summed E-state index contributed by atoms with van der Waals surface area (Å²) >= 11 is 1.60. The molecule has 2 heterocycles. The fourth-order valence-electron chi connectivity index (χ4n) is 4.41. The van der Waals surface area contributed by atoms with Crippen LogP contribution in [0.5, 0.6) is 0 Å². The molecule has 4 aromatic rings. The van der Waals surface area contributed by atoms with Crippen molar-refractivity contribution in [2.75, 3.05) is 0 Å². The van der Waals surface area contributed by atoms with Crippen molar-refractivity contribution in [3.05, 3.63) is 119 Å². The molecule has 0 amide bonds. The van der Waals surface area contributed by atoms with Crippen molar-refractivity contribution in [3.63, 3.8) is 0 Å². The van der Waals surface area contributed by atoms with Crippen LogP contribution in [0.15, 0.2) is 96.3 Å². The van der Waals surface area contributed by atoms with Gasteiger partial charge in [0, 0.05) is 17.6 Å². The van der Waals surface area contributed by atoms with Crippen LogP contribution < -0.4 is 24.8 Å². The first-order chi connectivity index (χ1) is 15.2. The van der Waals surface area contributed by atoms with Gasteiger partial charge in [-0.1, -0.05) is 23.8 Å². The van der Waals surface area contributed by atoms with Crippen molar-refractivity contribution in [2.24, 2.45) is 0 Å². The van der Waals surface area contributed by atoms with E-state index in [1.165, 1.54) is 43.6 Å². The maximum absolute atomic E-state index is 2.36. The standard InChI is InChI=1S/C14H13N.C14H12N.2ClH.Zr/c2*1-11-9-12-7-8-15(14(12)10-11)13-5-3-2-4-6-13;;;/h2-8,10H,9H2,1H3;2-8,10H,1,9H2;2*1H;/q;;;;+2/p-2. The van der Waals surface area contributed by atoms with Crippen molar-refractivity contribution < 1.29 is 49.5 Å². The fourth-order valence-corrected chi connectivity index (χ4v) is 4.97. The predicted octanol–water partition coefficient (Wildman–Crippen LogP) is 0.827. The van der Waals surface area contributed by atoms with Crippen molar-refractivity contribution in [2.45, 2.75) is 23.9 Å². The zero-order valence-corrected chi connectivity index (χ0v) is 22.5. The van der Waals surface area contributed by atoms with E-state index in [0.717, 1.165) is 12.8 Å². The van der Waals surface area contributed by atoms with Crippen LogP contribution >= 0.6 is 0 Å². The van der Waals surface area contributed by atoms with E-state index in [4.69, 9.17) is 0 Å². The molecule has 6 rings (SSSR count). The summed E-state index contributed by atoms with van der Waals surface area (Å²) in [4.78, 5) is 0. The Morgan fingerprint density at radius 2 is 1.15 bits per heavy atom. The first-order valence-electron chi connectivity index (χ1n) is 10.8. The molecule has 0 atom stereocenters. The molecular formula is C28H25Cl2N2Zr. The number of nitrogens with zero attached hydrogens (tertiary/aromatic N) is 2. The van der Waals surface area contributed by atoms with Gasteiger partial charge >= 0.3 is 111 Å². The second kappa shape index (κ2) is 11.4. The van der Waals surface area contributed by atoms with Crippen LogP contribution in [0, 0.1) is 0 Å². The molecule has 2 nitrogen and oxygen atoms in total. The van der Waals surface area contributed by atoms with E-state index in [9.17, 15) is 0 Å². The number of allylic oxidation sites excluding steroid dienone is 2. The van der Waals surface area contributed by atoms with Crippen molar-refractivity contribution in [1.82, 2.24) is 9.13 Å². The molecule has 0 bridgehead atoms. The van der Waals surface area contributed by atoms with Crippen molar-refractivity contribution in [1.29, 1.82) is 0 Å². The molecule has 165 valence electrons. The van der Waals surface area contributed by atoms with Gasteiger partial charge < -0.3 is 29.4 Å². The minimum atomic E-state index is 0. The molecule has 0 N–H and O–H groups in total. The summed E-state index contributed by atoms with van der Waals surface area (Å²) in [6, 6.07) is 25.5. The van der Waals surface area contributed by atoms with Gasteiger partial charge in [-0.2, -0.15) is 0 Å². The first-order valence-corrected chi connectivity index (χ1v) is 12.5. The Kier molecular flexibility index (Phi) is 8.82. The van der Waals surface area contributed by atoms with E-state index in [2.05, 4.69) is 107 Å². The van der Waals surface area contributed by atoms with Gasteiger partial charge in [0.1, 0.15) is 0 Å². The van der Waals surface area contributed by atoms with Gasteiger partial charge in [-0.3, -0.25) is 0 Å². The number of hydrogen-bond donors (Lipinski definition) is 0. The molecule has 2 aliphatic rings. The Bertz CT molecular complexity index is 1270. The zero-order valence-electron chi connectivity index (χ0n) is 18.5. The molecule has 2 aromatic carbocycles. The number of fused-ring (bicyclic) bond motifs is 2. The van der Waals surface area contributed by atoms with Crippen molar-refractivity contribution >= 4 is 12.2 Å². The van der Waals surface area contributed by atoms with Crippen LogP contribution in [0.3, 0.4) is 0 Å². The van der Waals surface area contributed by atoms with Gasteiger partial charge in [0.15, 0.2) is 0 Å². The summed E-state index contributed by atoms with van der Waals surface area (Å²) in [5, 5.41) is 0. The number of hydrogen-bond acceptors (Lipinski definition) is 0. The summed E-state index contributed by atoms with van der Waals surface area (Å²) < 4.78 is 5.79. The second-order valence-corrected chi connectivity index (χ2v) is 9.06. The van der Waals surface area contributed by atoms with Gasteiger partial charge in [-0.25, -0.2) is 0 Å². The third kappa shape index (κ3) is 5.38. The summed E-state index contributed by atoms with van der Waals surface area (Å²) in [5.41, 5.74) is 11.2. The van der Waals surface area contributed by atoms with E-state index >= 15 is 0 Å². The van der Waals surface area contributed by atoms with Crippen LogP contribution in [0.25, 0.3) is 23.5 Å². The van der Waals surface area contributed by atoms with Gasteiger partial charge in [-0.05, 0) is 43.2 Å². The molecule has 0 fully saturated rings. The van der Waals surface area contributed by atoms with Crippen LogP contribution in [0.1, 0.15) is 29.4 Å². The number of halogens is 2. The molecule has 5 heteroatoms. The summed E-state index contributed by atoms with van der Waals surface area (Å²) in [5.74, 6) is 0. The van der Waals surface area contributed by atoms with Crippen LogP contribution in [-0.2, 0) is 37.6 Å². The van der Waals surface area contributed by atoms with E-state index < -0.39 is 0 Å². The second-order valence-electron chi connectivity index (χ2n) is 8.19. The SMILES string of the molecule is CC1=Cc2c(ccn2-c2ccccc2)C1.[Cl-].[Cl-].[Zr+2][CH2]C1=Cc2c(ccn2-c2ccccc2)C1. The molecule has 2 aliphatic carbocycles. The topological polar surface area (TPSA) is 9.86 Å². The molecule has 0 radical (unpaired) electrons. The van der Waals surface area contributed by atoms with Gasteiger partial charge in [-0.15, -0.1) is 0 Å². The summed E-state index contributed by atoms with van der Waals surface area (Å²) in [6.45, 7) is 2.19.